The van der Waals surface area contributed by atoms with Crippen LogP contribution in [0.1, 0.15) is 40.2 Å². The Bertz CT molecular complexity index is 1620. The number of nitrogens with one attached hydrogen (secondary N) is 1. The molecule has 40 heavy (non-hydrogen) atoms. The van der Waals surface area contributed by atoms with Crippen LogP contribution in [0, 0.1) is 11.8 Å². The van der Waals surface area contributed by atoms with Crippen LogP contribution >= 0.6 is 0 Å². The van der Waals surface area contributed by atoms with Gasteiger partial charge < -0.3 is 0 Å². The zero-order chi connectivity index (χ0) is 27.3. The number of aryl methyl sites for hydroxylation is 1. The van der Waals surface area contributed by atoms with Crippen molar-refractivity contribution in [3.8, 4) is 0 Å². The molecule has 4 aliphatic rings. The van der Waals surface area contributed by atoms with Crippen molar-refractivity contribution in [2.75, 3.05) is 4.90 Å². The van der Waals surface area contributed by atoms with Crippen LogP contribution in [0.4, 0.5) is 5.69 Å². The molecule has 8 rings (SSSR count). The maximum absolute atomic E-state index is 14.3. The smallest absolute Gasteiger partial charge is 0.240 e. The van der Waals surface area contributed by atoms with E-state index in [1.807, 2.05) is 84.9 Å². The zero-order valence-electron chi connectivity index (χ0n) is 21.7. The van der Waals surface area contributed by atoms with Crippen LogP contribution in [-0.2, 0) is 26.2 Å². The van der Waals surface area contributed by atoms with Crippen molar-refractivity contribution in [3.63, 3.8) is 0 Å². The van der Waals surface area contributed by atoms with Crippen molar-refractivity contribution in [1.82, 2.24) is 5.43 Å². The van der Waals surface area contributed by atoms with Gasteiger partial charge in [0.1, 0.15) is 0 Å². The van der Waals surface area contributed by atoms with Crippen LogP contribution < -0.4 is 10.3 Å². The molecule has 0 radical (unpaired) electrons. The monoisotopic (exact) mass is 525 g/mol. The molecule has 6 heteroatoms. The Hall–Kier alpha value is -4.84. The summed E-state index contributed by atoms with van der Waals surface area (Å²) in [5.74, 6) is -2.13. The highest BCUT2D eigenvalue weighted by Gasteiger charge is 2.68. The number of para-hydroxylation sites is 1. The number of nitrogens with zero attached hydrogens (tertiary/aromatic N) is 2. The molecule has 2 bridgehead atoms. The van der Waals surface area contributed by atoms with Gasteiger partial charge in [0, 0.05) is 18.6 Å². The molecule has 1 heterocycles. The first-order chi connectivity index (χ1) is 19.6. The van der Waals surface area contributed by atoms with Crippen LogP contribution in [0.15, 0.2) is 114 Å². The summed E-state index contributed by atoms with van der Waals surface area (Å²) in [6, 6.07) is 35.0. The summed E-state index contributed by atoms with van der Waals surface area (Å²) >= 11 is 0. The second kappa shape index (κ2) is 9.42. The van der Waals surface area contributed by atoms with Crippen LogP contribution in [0.25, 0.3) is 0 Å². The second-order valence-corrected chi connectivity index (χ2v) is 10.7. The molecular formula is C34H27N3O3. The summed E-state index contributed by atoms with van der Waals surface area (Å²) in [7, 11) is 0. The van der Waals surface area contributed by atoms with Gasteiger partial charge in [-0.05, 0) is 46.4 Å². The van der Waals surface area contributed by atoms with Crippen LogP contribution in [0.5, 0.6) is 0 Å². The minimum absolute atomic E-state index is 0.195. The molecule has 2 atom stereocenters. The summed E-state index contributed by atoms with van der Waals surface area (Å²) in [5, 5.41) is 4.48. The predicted octanol–water partition coefficient (Wildman–Crippen LogP) is 4.97. The summed E-state index contributed by atoms with van der Waals surface area (Å²) in [4.78, 5) is 42.5. The molecule has 6 nitrogen and oxygen atoms in total. The average Bonchev–Trinajstić information content (AvgIpc) is 3.28. The van der Waals surface area contributed by atoms with Gasteiger partial charge in [-0.1, -0.05) is 97.1 Å². The van der Waals surface area contributed by atoms with Crippen molar-refractivity contribution in [1.29, 1.82) is 0 Å². The number of hydrogen-bond acceptors (Lipinski definition) is 4. The molecule has 0 saturated carbocycles. The summed E-state index contributed by atoms with van der Waals surface area (Å²) in [6.45, 7) is 0. The summed E-state index contributed by atoms with van der Waals surface area (Å²) in [6.07, 6.45) is 2.59. The molecule has 1 aliphatic heterocycles. The number of imide groups is 1. The van der Waals surface area contributed by atoms with E-state index in [1.165, 1.54) is 4.90 Å². The normalized spacial score (nSPS) is 24.1. The number of benzene rings is 4. The van der Waals surface area contributed by atoms with Crippen LogP contribution in [0.3, 0.4) is 0 Å². The lowest BCUT2D eigenvalue weighted by Crippen LogP contribution is -2.54. The van der Waals surface area contributed by atoms with Gasteiger partial charge in [0.15, 0.2) is 0 Å². The molecule has 1 saturated heterocycles. The third kappa shape index (κ3) is 3.49. The first-order valence-corrected chi connectivity index (χ1v) is 13.6. The van der Waals surface area contributed by atoms with Crippen LogP contribution in [0.2, 0.25) is 0 Å². The minimum Gasteiger partial charge on any atom is -0.274 e. The molecule has 3 amide bonds. The third-order valence-electron chi connectivity index (χ3n) is 8.64. The molecule has 0 unspecified atom stereocenters. The fourth-order valence-electron chi connectivity index (χ4n) is 7.05. The molecule has 4 aromatic carbocycles. The number of anilines is 1. The molecule has 1 fully saturated rings. The second-order valence-electron chi connectivity index (χ2n) is 10.7. The predicted molar refractivity (Wildman–Crippen MR) is 153 cm³/mol. The number of hydrazone groups is 1. The van der Waals surface area contributed by atoms with E-state index in [2.05, 4.69) is 22.7 Å². The highest BCUT2D eigenvalue weighted by molar-refractivity contribution is 6.25. The Morgan fingerprint density at radius 1 is 0.775 bits per heavy atom. The van der Waals surface area contributed by atoms with E-state index in [1.54, 1.807) is 18.3 Å². The summed E-state index contributed by atoms with van der Waals surface area (Å²) in [5.41, 5.74) is 7.32. The Kier molecular flexibility index (Phi) is 5.70. The highest BCUT2D eigenvalue weighted by Crippen LogP contribution is 2.63. The molecule has 4 aromatic rings. The third-order valence-corrected chi connectivity index (χ3v) is 8.64. The van der Waals surface area contributed by atoms with Gasteiger partial charge in [-0.2, -0.15) is 5.10 Å². The number of carbonyl (C=O) groups excluding carboxylic acids is 3. The Morgan fingerprint density at radius 2 is 1.35 bits per heavy atom. The zero-order valence-corrected chi connectivity index (χ0v) is 21.7. The van der Waals surface area contributed by atoms with Crippen molar-refractivity contribution in [2.24, 2.45) is 16.9 Å². The van der Waals surface area contributed by atoms with E-state index >= 15 is 0 Å². The maximum atomic E-state index is 14.3. The lowest BCUT2D eigenvalue weighted by atomic mass is 9.47. The lowest BCUT2D eigenvalue weighted by Gasteiger charge is -2.52. The lowest BCUT2D eigenvalue weighted by molar-refractivity contribution is -0.123. The average molecular weight is 526 g/mol. The van der Waals surface area contributed by atoms with Gasteiger partial charge >= 0.3 is 0 Å². The SMILES string of the molecule is O=C(CCc1ccccc1)N/N=C\C12c3ccccc3C(c3ccccc31)[C@H]1C(=O)N(c3ccccc3)C(=O)[C@@H]12. The fraction of sp³-hybridized carbons (Fsp3) is 0.176. The van der Waals surface area contributed by atoms with Gasteiger partial charge in [0.2, 0.25) is 17.7 Å². The fourth-order valence-corrected chi connectivity index (χ4v) is 7.05. The van der Waals surface area contributed by atoms with E-state index in [4.69, 9.17) is 0 Å². The van der Waals surface area contributed by atoms with Crippen molar-refractivity contribution in [2.45, 2.75) is 24.2 Å². The van der Waals surface area contributed by atoms with Gasteiger partial charge in [-0.25, -0.2) is 10.3 Å². The topological polar surface area (TPSA) is 78.8 Å². The van der Waals surface area contributed by atoms with Gasteiger partial charge in [-0.15, -0.1) is 0 Å². The first-order valence-electron chi connectivity index (χ1n) is 13.6. The highest BCUT2D eigenvalue weighted by atomic mass is 16.2. The Balaban J connectivity index is 1.32. The number of carbonyl (C=O) groups is 3. The van der Waals surface area contributed by atoms with Gasteiger partial charge in [0.05, 0.1) is 22.9 Å². The van der Waals surface area contributed by atoms with Crippen molar-refractivity contribution >= 4 is 29.6 Å². The molecule has 1 N–H and O–H groups in total. The van der Waals surface area contributed by atoms with Gasteiger partial charge in [-0.3, -0.25) is 14.4 Å². The van der Waals surface area contributed by atoms with E-state index in [-0.39, 0.29) is 30.1 Å². The molecule has 3 aliphatic carbocycles. The Morgan fingerprint density at radius 3 is 2.00 bits per heavy atom. The van der Waals surface area contributed by atoms with E-state index in [0.717, 1.165) is 27.8 Å². The molecule has 196 valence electrons. The van der Waals surface area contributed by atoms with Crippen molar-refractivity contribution in [3.05, 3.63) is 137 Å². The van der Waals surface area contributed by atoms with E-state index < -0.39 is 17.3 Å². The van der Waals surface area contributed by atoms with E-state index in [9.17, 15) is 14.4 Å². The number of rotatable bonds is 6. The Labute approximate surface area is 232 Å². The largest absolute Gasteiger partial charge is 0.274 e. The quantitative estimate of drug-likeness (QED) is 0.219. The molecule has 0 aromatic heterocycles. The molecule has 0 spiro atoms. The molecular weight excluding hydrogens is 498 g/mol. The number of hydrogen-bond donors (Lipinski definition) is 1. The first kappa shape index (κ1) is 24.2. The summed E-state index contributed by atoms with van der Waals surface area (Å²) < 4.78 is 0. The number of amides is 3. The minimum atomic E-state index is -1.00. The van der Waals surface area contributed by atoms with Crippen LogP contribution in [-0.4, -0.2) is 23.9 Å². The standard InChI is InChI=1S/C34H27N3O3/c38-28(20-19-22-11-3-1-4-12-22)36-35-21-34-26-17-9-7-15-24(26)29(25-16-8-10-18-27(25)34)30-31(34)33(40)37(32(30)39)23-13-5-2-6-14-23/h1-18,21,29-31H,19-20H2,(H,36,38)/b35-21-/t29?,30-,31-,34?/m1/s1. The van der Waals surface area contributed by atoms with E-state index in [0.29, 0.717) is 12.1 Å². The van der Waals surface area contributed by atoms with Gasteiger partial charge in [0.25, 0.3) is 0 Å². The van der Waals surface area contributed by atoms with Crippen molar-refractivity contribution < 1.29 is 14.4 Å². The maximum Gasteiger partial charge on any atom is 0.240 e.